The Labute approximate surface area is 56.4 Å². The second-order valence-corrected chi connectivity index (χ2v) is 2.81. The van der Waals surface area contributed by atoms with Gasteiger partial charge in [-0.1, -0.05) is 19.1 Å². The van der Waals surface area contributed by atoms with Crippen LogP contribution in [-0.2, 0) is 0 Å². The van der Waals surface area contributed by atoms with E-state index in [0.717, 1.165) is 12.8 Å². The van der Waals surface area contributed by atoms with Crippen molar-refractivity contribution in [1.29, 1.82) is 0 Å². The second kappa shape index (κ2) is 3.02. The standard InChI is InChI=1S/C8H14O/c1-7-4-2-3-5-8(7)6-9/h2,4,7-9H,3,5-6H2,1H3/t7-,8+/m1/s1. The minimum Gasteiger partial charge on any atom is -0.396 e. The highest BCUT2D eigenvalue weighted by Crippen LogP contribution is 2.22. The van der Waals surface area contributed by atoms with Crippen LogP contribution in [0.2, 0.25) is 0 Å². The summed E-state index contributed by atoms with van der Waals surface area (Å²) in [6, 6.07) is 0. The summed E-state index contributed by atoms with van der Waals surface area (Å²) < 4.78 is 0. The molecule has 1 aliphatic carbocycles. The first-order valence-electron chi connectivity index (χ1n) is 3.62. The fourth-order valence-corrected chi connectivity index (χ4v) is 1.30. The minimum absolute atomic E-state index is 0.353. The third-order valence-corrected chi connectivity index (χ3v) is 2.12. The molecule has 0 fully saturated rings. The van der Waals surface area contributed by atoms with Gasteiger partial charge in [0.1, 0.15) is 0 Å². The van der Waals surface area contributed by atoms with Gasteiger partial charge in [0.25, 0.3) is 0 Å². The SMILES string of the molecule is C[C@@H]1C=CCC[C@H]1CO. The lowest BCUT2D eigenvalue weighted by atomic mass is 9.86. The van der Waals surface area contributed by atoms with E-state index in [-0.39, 0.29) is 0 Å². The third-order valence-electron chi connectivity index (χ3n) is 2.12. The van der Waals surface area contributed by atoms with Crippen molar-refractivity contribution < 1.29 is 5.11 Å². The van der Waals surface area contributed by atoms with Crippen molar-refractivity contribution in [2.45, 2.75) is 19.8 Å². The van der Waals surface area contributed by atoms with Gasteiger partial charge in [-0.25, -0.2) is 0 Å². The van der Waals surface area contributed by atoms with E-state index in [4.69, 9.17) is 5.11 Å². The third kappa shape index (κ3) is 1.55. The fraction of sp³-hybridized carbons (Fsp3) is 0.750. The maximum absolute atomic E-state index is 8.83. The zero-order chi connectivity index (χ0) is 6.69. The molecule has 1 nitrogen and oxygen atoms in total. The second-order valence-electron chi connectivity index (χ2n) is 2.81. The molecule has 0 saturated heterocycles. The number of hydrogen-bond donors (Lipinski definition) is 1. The van der Waals surface area contributed by atoms with Gasteiger partial charge in [0.05, 0.1) is 0 Å². The molecular formula is C8H14O. The van der Waals surface area contributed by atoms with Crippen LogP contribution in [-0.4, -0.2) is 11.7 Å². The van der Waals surface area contributed by atoms with Gasteiger partial charge < -0.3 is 5.11 Å². The summed E-state index contributed by atoms with van der Waals surface area (Å²) in [5.41, 5.74) is 0. The van der Waals surface area contributed by atoms with Crippen molar-refractivity contribution in [2.75, 3.05) is 6.61 Å². The lowest BCUT2D eigenvalue weighted by molar-refractivity contribution is 0.187. The van der Waals surface area contributed by atoms with E-state index >= 15 is 0 Å². The van der Waals surface area contributed by atoms with Crippen LogP contribution in [0.4, 0.5) is 0 Å². The first-order valence-corrected chi connectivity index (χ1v) is 3.62. The van der Waals surface area contributed by atoms with Crippen LogP contribution in [0.25, 0.3) is 0 Å². The molecule has 0 spiro atoms. The molecule has 1 N–H and O–H groups in total. The summed E-state index contributed by atoms with van der Waals surface area (Å²) in [5, 5.41) is 8.83. The largest absolute Gasteiger partial charge is 0.396 e. The number of hydrogen-bond acceptors (Lipinski definition) is 1. The van der Waals surface area contributed by atoms with E-state index in [9.17, 15) is 0 Å². The van der Waals surface area contributed by atoms with Gasteiger partial charge in [0.2, 0.25) is 0 Å². The van der Waals surface area contributed by atoms with Crippen LogP contribution < -0.4 is 0 Å². The highest BCUT2D eigenvalue weighted by atomic mass is 16.3. The summed E-state index contributed by atoms with van der Waals surface area (Å²) >= 11 is 0. The number of allylic oxidation sites excluding steroid dienone is 2. The maximum Gasteiger partial charge on any atom is 0.0464 e. The minimum atomic E-state index is 0.353. The Morgan fingerprint density at radius 2 is 2.44 bits per heavy atom. The molecule has 52 valence electrons. The number of rotatable bonds is 1. The van der Waals surface area contributed by atoms with Crippen LogP contribution in [0, 0.1) is 11.8 Å². The summed E-state index contributed by atoms with van der Waals surface area (Å²) in [7, 11) is 0. The average molecular weight is 126 g/mol. The van der Waals surface area contributed by atoms with Gasteiger partial charge in [-0.3, -0.25) is 0 Å². The molecule has 0 saturated carbocycles. The molecule has 0 unspecified atom stereocenters. The quantitative estimate of drug-likeness (QED) is 0.529. The lowest BCUT2D eigenvalue weighted by Gasteiger charge is -2.21. The van der Waals surface area contributed by atoms with Gasteiger partial charge in [-0.15, -0.1) is 0 Å². The van der Waals surface area contributed by atoms with Gasteiger partial charge in [-0.05, 0) is 24.7 Å². The Morgan fingerprint density at radius 1 is 1.67 bits per heavy atom. The monoisotopic (exact) mass is 126 g/mol. The van der Waals surface area contributed by atoms with E-state index in [1.807, 2.05) is 0 Å². The van der Waals surface area contributed by atoms with Crippen molar-refractivity contribution in [3.8, 4) is 0 Å². The maximum atomic E-state index is 8.83. The Morgan fingerprint density at radius 3 is 2.89 bits per heavy atom. The molecule has 0 amide bonds. The Balaban J connectivity index is 2.44. The Bertz CT molecular complexity index is 107. The van der Waals surface area contributed by atoms with Crippen LogP contribution in [0.3, 0.4) is 0 Å². The molecule has 1 aliphatic rings. The van der Waals surface area contributed by atoms with Crippen molar-refractivity contribution in [3.63, 3.8) is 0 Å². The first kappa shape index (κ1) is 6.81. The molecule has 0 radical (unpaired) electrons. The van der Waals surface area contributed by atoms with E-state index in [1.54, 1.807) is 0 Å². The molecule has 0 aromatic rings. The molecule has 1 heteroatoms. The molecule has 0 aromatic carbocycles. The molecule has 0 heterocycles. The summed E-state index contributed by atoms with van der Waals surface area (Å²) in [6.07, 6.45) is 6.71. The Kier molecular flexibility index (Phi) is 2.29. The van der Waals surface area contributed by atoms with Crippen LogP contribution in [0.15, 0.2) is 12.2 Å². The van der Waals surface area contributed by atoms with Crippen molar-refractivity contribution >= 4 is 0 Å². The average Bonchev–Trinajstić information content (AvgIpc) is 1.89. The summed E-state index contributed by atoms with van der Waals surface area (Å²) in [5.74, 6) is 1.11. The molecule has 1 rings (SSSR count). The van der Waals surface area contributed by atoms with Gasteiger partial charge in [0.15, 0.2) is 0 Å². The molecule has 2 atom stereocenters. The van der Waals surface area contributed by atoms with Gasteiger partial charge in [0, 0.05) is 6.61 Å². The molecule has 9 heavy (non-hydrogen) atoms. The zero-order valence-corrected chi connectivity index (χ0v) is 5.88. The van der Waals surface area contributed by atoms with Crippen molar-refractivity contribution in [3.05, 3.63) is 12.2 Å². The summed E-state index contributed by atoms with van der Waals surface area (Å²) in [4.78, 5) is 0. The first-order chi connectivity index (χ1) is 4.34. The highest BCUT2D eigenvalue weighted by molar-refractivity contribution is 4.94. The molecule has 0 bridgehead atoms. The summed E-state index contributed by atoms with van der Waals surface area (Å²) in [6.45, 7) is 2.52. The smallest absolute Gasteiger partial charge is 0.0464 e. The van der Waals surface area contributed by atoms with E-state index < -0.39 is 0 Å². The van der Waals surface area contributed by atoms with E-state index in [1.165, 1.54) is 0 Å². The van der Waals surface area contributed by atoms with Crippen molar-refractivity contribution in [2.24, 2.45) is 11.8 Å². The predicted molar refractivity (Wildman–Crippen MR) is 38.1 cm³/mol. The van der Waals surface area contributed by atoms with Gasteiger partial charge in [-0.2, -0.15) is 0 Å². The van der Waals surface area contributed by atoms with Crippen molar-refractivity contribution in [1.82, 2.24) is 0 Å². The zero-order valence-electron chi connectivity index (χ0n) is 5.88. The van der Waals surface area contributed by atoms with E-state index in [2.05, 4.69) is 19.1 Å². The number of aliphatic hydroxyl groups excluding tert-OH is 1. The Hall–Kier alpha value is -0.300. The van der Waals surface area contributed by atoms with Crippen LogP contribution in [0.1, 0.15) is 19.8 Å². The molecular weight excluding hydrogens is 112 g/mol. The van der Waals surface area contributed by atoms with Crippen LogP contribution >= 0.6 is 0 Å². The fourth-order valence-electron chi connectivity index (χ4n) is 1.30. The van der Waals surface area contributed by atoms with E-state index in [0.29, 0.717) is 18.4 Å². The highest BCUT2D eigenvalue weighted by Gasteiger charge is 2.15. The normalized spacial score (nSPS) is 34.9. The molecule has 0 aliphatic heterocycles. The topological polar surface area (TPSA) is 20.2 Å². The predicted octanol–water partition coefficient (Wildman–Crippen LogP) is 1.58. The lowest BCUT2D eigenvalue weighted by Crippen LogP contribution is -2.16. The van der Waals surface area contributed by atoms with Crippen LogP contribution in [0.5, 0.6) is 0 Å². The molecule has 0 aromatic heterocycles. The van der Waals surface area contributed by atoms with Gasteiger partial charge >= 0.3 is 0 Å². The number of aliphatic hydroxyl groups is 1.